The molecule has 0 saturated carbocycles. The highest BCUT2D eigenvalue weighted by Gasteiger charge is 2.33. The maximum atomic E-state index is 12.2. The lowest BCUT2D eigenvalue weighted by molar-refractivity contribution is -0.275. The van der Waals surface area contributed by atoms with E-state index in [9.17, 15) is 13.2 Å². The van der Waals surface area contributed by atoms with Gasteiger partial charge >= 0.3 is 6.36 Å². The Balaban J connectivity index is 3.22. The van der Waals surface area contributed by atoms with Gasteiger partial charge in [-0.3, -0.25) is 0 Å². The standard InChI is InChI=1S/C9H6F3IN2O2/c1-16-7-4-5(13)8(17-9(10,11)12)6(15-7)2-3-14/h4H,2H2,1H3. The van der Waals surface area contributed by atoms with Crippen LogP contribution in [0.25, 0.3) is 0 Å². The van der Waals surface area contributed by atoms with Gasteiger partial charge in [0, 0.05) is 6.07 Å². The van der Waals surface area contributed by atoms with E-state index in [-0.39, 0.29) is 21.6 Å². The first-order chi connectivity index (χ1) is 7.87. The number of halogens is 4. The second-order valence-corrected chi connectivity index (χ2v) is 3.97. The Kier molecular flexibility index (Phi) is 4.39. The second-order valence-electron chi connectivity index (χ2n) is 2.80. The number of ether oxygens (including phenoxy) is 2. The van der Waals surface area contributed by atoms with Crippen molar-refractivity contribution >= 4 is 22.6 Å². The minimum absolute atomic E-state index is 0.103. The molecule has 0 aliphatic carbocycles. The summed E-state index contributed by atoms with van der Waals surface area (Å²) < 4.78 is 45.3. The molecule has 0 aromatic carbocycles. The molecule has 0 aliphatic rings. The predicted octanol–water partition coefficient (Wildman–Crippen LogP) is 2.66. The van der Waals surface area contributed by atoms with Crippen LogP contribution in [0.1, 0.15) is 5.69 Å². The van der Waals surface area contributed by atoms with Crippen LogP contribution in [-0.4, -0.2) is 18.5 Å². The zero-order chi connectivity index (χ0) is 13.1. The summed E-state index contributed by atoms with van der Waals surface area (Å²) in [6.07, 6.45) is -5.11. The molecule has 1 heterocycles. The van der Waals surface area contributed by atoms with Crippen molar-refractivity contribution in [2.75, 3.05) is 7.11 Å². The van der Waals surface area contributed by atoms with E-state index in [4.69, 9.17) is 10.00 Å². The summed E-state index contributed by atoms with van der Waals surface area (Å²) in [7, 11) is 1.33. The van der Waals surface area contributed by atoms with Gasteiger partial charge in [-0.2, -0.15) is 5.26 Å². The van der Waals surface area contributed by atoms with Crippen LogP contribution in [0.3, 0.4) is 0 Å². The van der Waals surface area contributed by atoms with Gasteiger partial charge in [0.15, 0.2) is 5.75 Å². The maximum absolute atomic E-state index is 12.2. The minimum atomic E-state index is -4.82. The lowest BCUT2D eigenvalue weighted by Crippen LogP contribution is -2.19. The van der Waals surface area contributed by atoms with Crippen molar-refractivity contribution in [3.63, 3.8) is 0 Å². The molecule has 17 heavy (non-hydrogen) atoms. The molecule has 0 spiro atoms. The lowest BCUT2D eigenvalue weighted by Gasteiger charge is -2.14. The average molecular weight is 358 g/mol. The Morgan fingerprint density at radius 1 is 1.53 bits per heavy atom. The molecule has 8 heteroatoms. The van der Waals surface area contributed by atoms with Crippen LogP contribution in [0.4, 0.5) is 13.2 Å². The van der Waals surface area contributed by atoms with Crippen molar-refractivity contribution in [2.45, 2.75) is 12.8 Å². The van der Waals surface area contributed by atoms with Gasteiger partial charge in [0.05, 0.1) is 23.2 Å². The summed E-state index contributed by atoms with van der Waals surface area (Å²) in [4.78, 5) is 3.75. The van der Waals surface area contributed by atoms with Crippen LogP contribution in [0, 0.1) is 14.9 Å². The van der Waals surface area contributed by atoms with Crippen molar-refractivity contribution in [1.82, 2.24) is 4.98 Å². The quantitative estimate of drug-likeness (QED) is 0.780. The van der Waals surface area contributed by atoms with Gasteiger partial charge in [0.2, 0.25) is 5.88 Å². The Bertz CT molecular complexity index is 457. The van der Waals surface area contributed by atoms with Crippen LogP contribution in [-0.2, 0) is 6.42 Å². The summed E-state index contributed by atoms with van der Waals surface area (Å²) in [5.74, 6) is -0.324. The number of nitriles is 1. The molecule has 0 amide bonds. The minimum Gasteiger partial charge on any atom is -0.481 e. The van der Waals surface area contributed by atoms with Gasteiger partial charge < -0.3 is 9.47 Å². The fraction of sp³-hybridized carbons (Fsp3) is 0.333. The van der Waals surface area contributed by atoms with Crippen LogP contribution in [0.15, 0.2) is 6.07 Å². The Morgan fingerprint density at radius 3 is 2.65 bits per heavy atom. The molecule has 0 fully saturated rings. The first-order valence-corrected chi connectivity index (χ1v) is 5.31. The largest absolute Gasteiger partial charge is 0.573 e. The Morgan fingerprint density at radius 2 is 2.18 bits per heavy atom. The fourth-order valence-corrected chi connectivity index (χ4v) is 1.74. The molecule has 92 valence electrons. The predicted molar refractivity (Wildman–Crippen MR) is 59.5 cm³/mol. The van der Waals surface area contributed by atoms with Crippen LogP contribution in [0.5, 0.6) is 11.6 Å². The number of hydrogen-bond acceptors (Lipinski definition) is 4. The van der Waals surface area contributed by atoms with Crippen LogP contribution >= 0.6 is 22.6 Å². The molecule has 4 nitrogen and oxygen atoms in total. The summed E-state index contributed by atoms with van der Waals surface area (Å²) in [6, 6.07) is 3.01. The van der Waals surface area contributed by atoms with E-state index >= 15 is 0 Å². The molecular weight excluding hydrogens is 352 g/mol. The molecule has 0 saturated heterocycles. The van der Waals surface area contributed by atoms with E-state index in [0.29, 0.717) is 0 Å². The summed E-state index contributed by atoms with van der Waals surface area (Å²) in [5, 5.41) is 8.53. The molecule has 0 aliphatic heterocycles. The Hall–Kier alpha value is -1.24. The first kappa shape index (κ1) is 13.8. The van der Waals surface area contributed by atoms with Crippen molar-refractivity contribution in [2.24, 2.45) is 0 Å². The monoisotopic (exact) mass is 358 g/mol. The average Bonchev–Trinajstić information content (AvgIpc) is 2.21. The first-order valence-electron chi connectivity index (χ1n) is 4.23. The number of methoxy groups -OCH3 is 1. The van der Waals surface area contributed by atoms with Gasteiger partial charge in [0.1, 0.15) is 5.69 Å². The van der Waals surface area contributed by atoms with Crippen molar-refractivity contribution in [1.29, 1.82) is 5.26 Å². The van der Waals surface area contributed by atoms with Crippen LogP contribution in [0.2, 0.25) is 0 Å². The highest BCUT2D eigenvalue weighted by Crippen LogP contribution is 2.32. The number of hydrogen-bond donors (Lipinski definition) is 0. The van der Waals surface area contributed by atoms with Crippen molar-refractivity contribution in [3.05, 3.63) is 15.3 Å². The number of nitrogens with zero attached hydrogens (tertiary/aromatic N) is 2. The van der Waals surface area contributed by atoms with Gasteiger partial charge in [0.25, 0.3) is 0 Å². The molecule has 0 N–H and O–H groups in total. The summed E-state index contributed by atoms with van der Waals surface area (Å²) >= 11 is 1.66. The van der Waals surface area contributed by atoms with Gasteiger partial charge in [-0.25, -0.2) is 4.98 Å². The number of rotatable bonds is 3. The molecule has 0 bridgehead atoms. The van der Waals surface area contributed by atoms with Crippen molar-refractivity contribution in [3.8, 4) is 17.7 Å². The molecule has 0 radical (unpaired) electrons. The highest BCUT2D eigenvalue weighted by molar-refractivity contribution is 14.1. The maximum Gasteiger partial charge on any atom is 0.573 e. The van der Waals surface area contributed by atoms with E-state index < -0.39 is 12.1 Å². The third kappa shape index (κ3) is 3.92. The van der Waals surface area contributed by atoms with Gasteiger partial charge in [-0.1, -0.05) is 0 Å². The third-order valence-corrected chi connectivity index (χ3v) is 2.45. The molecule has 1 aromatic heterocycles. The van der Waals surface area contributed by atoms with E-state index in [0.717, 1.165) is 0 Å². The second kappa shape index (κ2) is 5.39. The Labute approximate surface area is 108 Å². The van der Waals surface area contributed by atoms with E-state index in [1.54, 1.807) is 28.7 Å². The third-order valence-electron chi connectivity index (χ3n) is 1.65. The van der Waals surface area contributed by atoms with E-state index in [1.165, 1.54) is 13.2 Å². The SMILES string of the molecule is COc1cc(I)c(OC(F)(F)F)c(CC#N)n1. The molecular formula is C9H6F3IN2O2. The number of alkyl halides is 3. The number of pyridine rings is 1. The van der Waals surface area contributed by atoms with Gasteiger partial charge in [-0.05, 0) is 22.6 Å². The smallest absolute Gasteiger partial charge is 0.481 e. The molecule has 0 atom stereocenters. The van der Waals surface area contributed by atoms with Crippen LogP contribution < -0.4 is 9.47 Å². The summed E-state index contributed by atoms with van der Waals surface area (Å²) in [5.41, 5.74) is -0.103. The van der Waals surface area contributed by atoms with E-state index in [1.807, 2.05) is 0 Å². The van der Waals surface area contributed by atoms with Crippen molar-refractivity contribution < 1.29 is 22.6 Å². The molecule has 0 unspecified atom stereocenters. The van der Waals surface area contributed by atoms with Gasteiger partial charge in [-0.15, -0.1) is 13.2 Å². The zero-order valence-electron chi connectivity index (χ0n) is 8.51. The normalized spacial score (nSPS) is 10.8. The molecule has 1 aromatic rings. The lowest BCUT2D eigenvalue weighted by atomic mass is 10.2. The fourth-order valence-electron chi connectivity index (χ4n) is 1.05. The number of aromatic nitrogens is 1. The molecule has 1 rings (SSSR count). The topological polar surface area (TPSA) is 55.1 Å². The summed E-state index contributed by atoms with van der Waals surface area (Å²) in [6.45, 7) is 0. The highest BCUT2D eigenvalue weighted by atomic mass is 127. The zero-order valence-corrected chi connectivity index (χ0v) is 10.7. The van der Waals surface area contributed by atoms with E-state index in [2.05, 4.69) is 9.72 Å².